The molecule has 1 heterocycles. The first-order valence-electron chi connectivity index (χ1n) is 10.7. The number of benzene rings is 3. The number of amides is 2. The maximum absolute atomic E-state index is 12.1. The minimum Gasteiger partial charge on any atom is -0.367 e. The molecule has 1 aliphatic rings. The van der Waals surface area contributed by atoms with E-state index >= 15 is 0 Å². The van der Waals surface area contributed by atoms with Crippen LogP contribution in [0.2, 0.25) is 0 Å². The fraction of sp³-hybridized carbons (Fsp3) is 0.231. The highest BCUT2D eigenvalue weighted by Gasteiger charge is 2.18. The molecule has 0 radical (unpaired) electrons. The Labute approximate surface area is 183 Å². The lowest BCUT2D eigenvalue weighted by Crippen LogP contribution is -2.37. The standard InChI is InChI=1S/C26H27N3O2/c30-25(16-20-6-2-1-3-7-20)28-18-26(31)27-17-21-10-12-22(13-11-21)19-29-15-14-23-8-4-5-9-24(23)29/h1-13H,14-19H2,(H,27,31)(H,28,30). The Morgan fingerprint density at radius 1 is 0.742 bits per heavy atom. The molecule has 31 heavy (non-hydrogen) atoms. The average Bonchev–Trinajstić information content (AvgIpc) is 3.21. The van der Waals surface area contributed by atoms with Gasteiger partial charge in [-0.2, -0.15) is 0 Å². The van der Waals surface area contributed by atoms with Crippen molar-refractivity contribution in [1.29, 1.82) is 0 Å². The summed E-state index contributed by atoms with van der Waals surface area (Å²) in [6.07, 6.45) is 1.37. The van der Waals surface area contributed by atoms with E-state index in [2.05, 4.69) is 51.9 Å². The number of nitrogens with zero attached hydrogens (tertiary/aromatic N) is 1. The third-order valence-electron chi connectivity index (χ3n) is 5.52. The van der Waals surface area contributed by atoms with E-state index in [1.807, 2.05) is 42.5 Å². The summed E-state index contributed by atoms with van der Waals surface area (Å²) < 4.78 is 0. The fourth-order valence-electron chi connectivity index (χ4n) is 3.84. The lowest BCUT2D eigenvalue weighted by atomic mass is 10.1. The smallest absolute Gasteiger partial charge is 0.239 e. The second-order valence-corrected chi connectivity index (χ2v) is 7.83. The second kappa shape index (κ2) is 9.94. The van der Waals surface area contributed by atoms with Crippen LogP contribution in [0.1, 0.15) is 22.3 Å². The molecular weight excluding hydrogens is 386 g/mol. The number of anilines is 1. The van der Waals surface area contributed by atoms with E-state index < -0.39 is 0 Å². The summed E-state index contributed by atoms with van der Waals surface area (Å²) in [5.41, 5.74) is 5.96. The molecule has 0 bridgehead atoms. The van der Waals surface area contributed by atoms with Crippen LogP contribution in [-0.2, 0) is 35.5 Å². The van der Waals surface area contributed by atoms with Gasteiger partial charge in [0.15, 0.2) is 0 Å². The van der Waals surface area contributed by atoms with Crippen molar-refractivity contribution in [2.75, 3.05) is 18.0 Å². The molecule has 3 aromatic rings. The number of nitrogens with one attached hydrogen (secondary N) is 2. The van der Waals surface area contributed by atoms with E-state index in [1.54, 1.807) is 0 Å². The zero-order valence-corrected chi connectivity index (χ0v) is 17.5. The van der Waals surface area contributed by atoms with E-state index in [0.717, 1.165) is 30.6 Å². The first-order chi connectivity index (χ1) is 15.2. The Kier molecular flexibility index (Phi) is 6.62. The molecule has 4 rings (SSSR count). The Bertz CT molecular complexity index is 1030. The maximum atomic E-state index is 12.1. The van der Waals surface area contributed by atoms with Gasteiger partial charge in [0.1, 0.15) is 0 Å². The summed E-state index contributed by atoms with van der Waals surface area (Å²) in [7, 11) is 0. The number of hydrogen-bond acceptors (Lipinski definition) is 3. The van der Waals surface area contributed by atoms with Gasteiger partial charge >= 0.3 is 0 Å². The largest absolute Gasteiger partial charge is 0.367 e. The van der Waals surface area contributed by atoms with Gasteiger partial charge in [-0.25, -0.2) is 0 Å². The molecule has 0 unspecified atom stereocenters. The van der Waals surface area contributed by atoms with Gasteiger partial charge in [0, 0.05) is 25.3 Å². The van der Waals surface area contributed by atoms with Crippen molar-refractivity contribution in [2.24, 2.45) is 0 Å². The number of carbonyl (C=O) groups excluding carboxylic acids is 2. The number of para-hydroxylation sites is 1. The normalized spacial score (nSPS) is 12.3. The van der Waals surface area contributed by atoms with E-state index in [0.29, 0.717) is 6.54 Å². The molecule has 5 nitrogen and oxygen atoms in total. The molecule has 0 fully saturated rings. The van der Waals surface area contributed by atoms with Crippen molar-refractivity contribution in [3.8, 4) is 0 Å². The highest BCUT2D eigenvalue weighted by molar-refractivity contribution is 5.85. The minimum atomic E-state index is -0.195. The van der Waals surface area contributed by atoms with E-state index in [1.165, 1.54) is 16.8 Å². The topological polar surface area (TPSA) is 61.4 Å². The van der Waals surface area contributed by atoms with Gasteiger partial charge in [-0.15, -0.1) is 0 Å². The number of hydrogen-bond donors (Lipinski definition) is 2. The van der Waals surface area contributed by atoms with Gasteiger partial charge in [-0.05, 0) is 34.7 Å². The molecule has 0 spiro atoms. The lowest BCUT2D eigenvalue weighted by Gasteiger charge is -2.19. The van der Waals surface area contributed by atoms with Crippen LogP contribution >= 0.6 is 0 Å². The third-order valence-corrected chi connectivity index (χ3v) is 5.52. The molecule has 1 aliphatic heterocycles. The molecule has 3 aromatic carbocycles. The van der Waals surface area contributed by atoms with Crippen molar-refractivity contribution in [2.45, 2.75) is 25.9 Å². The van der Waals surface area contributed by atoms with Gasteiger partial charge in [0.25, 0.3) is 0 Å². The average molecular weight is 414 g/mol. The van der Waals surface area contributed by atoms with E-state index in [9.17, 15) is 9.59 Å². The molecule has 2 N–H and O–H groups in total. The molecule has 158 valence electrons. The van der Waals surface area contributed by atoms with Crippen LogP contribution in [-0.4, -0.2) is 24.9 Å². The van der Waals surface area contributed by atoms with Gasteiger partial charge in [-0.1, -0.05) is 72.8 Å². The predicted molar refractivity (Wildman–Crippen MR) is 123 cm³/mol. The van der Waals surface area contributed by atoms with Crippen molar-refractivity contribution < 1.29 is 9.59 Å². The quantitative estimate of drug-likeness (QED) is 0.596. The minimum absolute atomic E-state index is 0.0158. The van der Waals surface area contributed by atoms with Crippen LogP contribution < -0.4 is 15.5 Å². The molecule has 0 aromatic heterocycles. The molecule has 0 saturated heterocycles. The van der Waals surface area contributed by atoms with Crippen LogP contribution in [0.25, 0.3) is 0 Å². The fourth-order valence-corrected chi connectivity index (χ4v) is 3.84. The SMILES string of the molecule is O=C(CNC(=O)Cc1ccccc1)NCc1ccc(CN2CCc3ccccc32)cc1. The number of carbonyl (C=O) groups is 2. The van der Waals surface area contributed by atoms with Crippen molar-refractivity contribution in [3.63, 3.8) is 0 Å². The first-order valence-corrected chi connectivity index (χ1v) is 10.7. The molecule has 5 heteroatoms. The Morgan fingerprint density at radius 3 is 2.26 bits per heavy atom. The highest BCUT2D eigenvalue weighted by atomic mass is 16.2. The zero-order chi connectivity index (χ0) is 21.5. The van der Waals surface area contributed by atoms with Crippen molar-refractivity contribution >= 4 is 17.5 Å². The van der Waals surface area contributed by atoms with E-state index in [-0.39, 0.29) is 24.8 Å². The van der Waals surface area contributed by atoms with Crippen LogP contribution in [0.15, 0.2) is 78.9 Å². The zero-order valence-electron chi connectivity index (χ0n) is 17.5. The number of rotatable bonds is 8. The van der Waals surface area contributed by atoms with Gasteiger partial charge in [-0.3, -0.25) is 9.59 Å². The van der Waals surface area contributed by atoms with Gasteiger partial charge in [0.2, 0.25) is 11.8 Å². The van der Waals surface area contributed by atoms with Gasteiger partial charge < -0.3 is 15.5 Å². The summed E-state index contributed by atoms with van der Waals surface area (Å²) in [4.78, 5) is 26.4. The highest BCUT2D eigenvalue weighted by Crippen LogP contribution is 2.28. The van der Waals surface area contributed by atoms with Crippen molar-refractivity contribution in [3.05, 3.63) is 101 Å². The van der Waals surface area contributed by atoms with Crippen LogP contribution in [0, 0.1) is 0 Å². The summed E-state index contributed by atoms with van der Waals surface area (Å²) in [6.45, 7) is 2.36. The maximum Gasteiger partial charge on any atom is 0.239 e. The Balaban J connectivity index is 1.20. The van der Waals surface area contributed by atoms with Crippen molar-refractivity contribution in [1.82, 2.24) is 10.6 Å². The molecular formula is C26H27N3O2. The van der Waals surface area contributed by atoms with Gasteiger partial charge in [0.05, 0.1) is 13.0 Å². The molecule has 0 atom stereocenters. The summed E-state index contributed by atoms with van der Waals surface area (Å²) >= 11 is 0. The monoisotopic (exact) mass is 413 g/mol. The lowest BCUT2D eigenvalue weighted by molar-refractivity contribution is -0.125. The Morgan fingerprint density at radius 2 is 1.45 bits per heavy atom. The van der Waals surface area contributed by atoms with Crippen LogP contribution in [0.3, 0.4) is 0 Å². The second-order valence-electron chi connectivity index (χ2n) is 7.83. The number of fused-ring (bicyclic) bond motifs is 1. The van der Waals surface area contributed by atoms with Crippen LogP contribution in [0.4, 0.5) is 5.69 Å². The summed E-state index contributed by atoms with van der Waals surface area (Å²) in [6, 6.07) is 26.4. The third kappa shape index (κ3) is 5.72. The Hall–Kier alpha value is -3.60. The molecule has 0 aliphatic carbocycles. The summed E-state index contributed by atoms with van der Waals surface area (Å²) in [5.74, 6) is -0.353. The molecule has 2 amide bonds. The summed E-state index contributed by atoms with van der Waals surface area (Å²) in [5, 5.41) is 5.53. The first kappa shape index (κ1) is 20.7. The predicted octanol–water partition coefficient (Wildman–Crippen LogP) is 3.22. The molecule has 0 saturated carbocycles. The van der Waals surface area contributed by atoms with E-state index in [4.69, 9.17) is 0 Å². The van der Waals surface area contributed by atoms with Crippen LogP contribution in [0.5, 0.6) is 0 Å².